The number of nitrogens with zero attached hydrogens (tertiary/aromatic N) is 1. The van der Waals surface area contributed by atoms with E-state index in [-0.39, 0.29) is 0 Å². The molecule has 2 aromatic rings. The van der Waals surface area contributed by atoms with Crippen LogP contribution in [0.15, 0.2) is 54.6 Å². The fourth-order valence-electron chi connectivity index (χ4n) is 3.16. The molecular formula is C20H26N2O. The lowest BCUT2D eigenvalue weighted by Crippen LogP contribution is -2.45. The molecule has 122 valence electrons. The van der Waals surface area contributed by atoms with Gasteiger partial charge < -0.3 is 15.0 Å². The first kappa shape index (κ1) is 15.9. The van der Waals surface area contributed by atoms with Crippen LogP contribution in [-0.4, -0.2) is 25.7 Å². The van der Waals surface area contributed by atoms with Crippen molar-refractivity contribution in [2.75, 3.05) is 24.6 Å². The van der Waals surface area contributed by atoms with Crippen LogP contribution < -0.4 is 15.0 Å². The normalized spacial score (nSPS) is 18.0. The number of hydrogen-bond donors (Lipinski definition) is 1. The Bertz CT molecular complexity index is 582. The predicted octanol–water partition coefficient (Wildman–Crippen LogP) is 3.84. The molecule has 3 heteroatoms. The van der Waals surface area contributed by atoms with Crippen LogP contribution in [0.2, 0.25) is 0 Å². The van der Waals surface area contributed by atoms with E-state index in [1.807, 2.05) is 6.92 Å². The molecule has 1 unspecified atom stereocenters. The lowest BCUT2D eigenvalue weighted by atomic mass is 10.0. The summed E-state index contributed by atoms with van der Waals surface area (Å²) in [5.41, 5.74) is 2.64. The number of rotatable bonds is 6. The van der Waals surface area contributed by atoms with E-state index in [0.29, 0.717) is 12.6 Å². The number of hydrogen-bond acceptors (Lipinski definition) is 3. The molecule has 0 saturated carbocycles. The highest BCUT2D eigenvalue weighted by molar-refractivity contribution is 5.49. The third-order valence-electron chi connectivity index (χ3n) is 4.37. The van der Waals surface area contributed by atoms with Crippen molar-refractivity contribution in [2.24, 2.45) is 0 Å². The molecule has 1 fully saturated rings. The molecule has 1 aliphatic heterocycles. The molecule has 0 amide bonds. The summed E-state index contributed by atoms with van der Waals surface area (Å²) in [6.45, 7) is 5.89. The molecule has 3 nitrogen and oxygen atoms in total. The Hall–Kier alpha value is -2.00. The highest BCUT2D eigenvalue weighted by atomic mass is 16.5. The van der Waals surface area contributed by atoms with Crippen molar-refractivity contribution in [1.29, 1.82) is 0 Å². The van der Waals surface area contributed by atoms with Crippen LogP contribution in [0.5, 0.6) is 5.75 Å². The van der Waals surface area contributed by atoms with E-state index in [9.17, 15) is 0 Å². The second kappa shape index (κ2) is 8.02. The van der Waals surface area contributed by atoms with E-state index in [4.69, 9.17) is 4.74 Å². The van der Waals surface area contributed by atoms with Crippen LogP contribution in [0.1, 0.15) is 25.3 Å². The molecule has 2 aromatic carbocycles. The first-order valence-corrected chi connectivity index (χ1v) is 8.60. The summed E-state index contributed by atoms with van der Waals surface area (Å²) in [5.74, 6) is 0.951. The van der Waals surface area contributed by atoms with Gasteiger partial charge in [0.25, 0.3) is 0 Å². The smallest absolute Gasteiger partial charge is 0.119 e. The van der Waals surface area contributed by atoms with Crippen molar-refractivity contribution in [2.45, 2.75) is 32.4 Å². The Morgan fingerprint density at radius 2 is 1.87 bits per heavy atom. The van der Waals surface area contributed by atoms with Gasteiger partial charge in [0.15, 0.2) is 0 Å². The van der Waals surface area contributed by atoms with Crippen LogP contribution in [0.25, 0.3) is 0 Å². The second-order valence-electron chi connectivity index (χ2n) is 6.08. The summed E-state index contributed by atoms with van der Waals surface area (Å²) in [6.07, 6.45) is 2.49. The molecule has 1 N–H and O–H groups in total. The van der Waals surface area contributed by atoms with Crippen molar-refractivity contribution in [3.8, 4) is 5.75 Å². The Morgan fingerprint density at radius 3 is 2.61 bits per heavy atom. The summed E-state index contributed by atoms with van der Waals surface area (Å²) < 4.78 is 5.53. The minimum atomic E-state index is 0.551. The van der Waals surface area contributed by atoms with E-state index in [0.717, 1.165) is 25.4 Å². The highest BCUT2D eigenvalue weighted by Crippen LogP contribution is 2.23. The first-order chi connectivity index (χ1) is 11.3. The van der Waals surface area contributed by atoms with Crippen molar-refractivity contribution in [3.63, 3.8) is 0 Å². The van der Waals surface area contributed by atoms with Gasteiger partial charge >= 0.3 is 0 Å². The van der Waals surface area contributed by atoms with Crippen molar-refractivity contribution >= 4 is 5.69 Å². The summed E-state index contributed by atoms with van der Waals surface area (Å²) in [7, 11) is 0. The van der Waals surface area contributed by atoms with Crippen LogP contribution in [0, 0.1) is 0 Å². The number of ether oxygens (including phenoxy) is 1. The molecule has 0 spiro atoms. The molecule has 1 heterocycles. The van der Waals surface area contributed by atoms with Gasteiger partial charge in [0, 0.05) is 31.4 Å². The Morgan fingerprint density at radius 1 is 1.09 bits per heavy atom. The van der Waals surface area contributed by atoms with Gasteiger partial charge in [-0.15, -0.1) is 0 Å². The molecule has 0 radical (unpaired) electrons. The standard InChI is InChI=1S/C20H26N2O/c1-2-23-20-12-10-19(11-13-20)22-14-6-9-18(16-22)21-15-17-7-4-3-5-8-17/h3-5,7-8,10-13,18,21H,2,6,9,14-16H2,1H3. The summed E-state index contributed by atoms with van der Waals surface area (Å²) >= 11 is 0. The first-order valence-electron chi connectivity index (χ1n) is 8.60. The molecule has 23 heavy (non-hydrogen) atoms. The number of nitrogens with one attached hydrogen (secondary N) is 1. The molecule has 0 bridgehead atoms. The fourth-order valence-corrected chi connectivity index (χ4v) is 3.16. The molecular weight excluding hydrogens is 284 g/mol. The third-order valence-corrected chi connectivity index (χ3v) is 4.37. The van der Waals surface area contributed by atoms with Gasteiger partial charge in [-0.3, -0.25) is 0 Å². The predicted molar refractivity (Wildman–Crippen MR) is 96.1 cm³/mol. The third kappa shape index (κ3) is 4.49. The monoisotopic (exact) mass is 310 g/mol. The average Bonchev–Trinajstić information content (AvgIpc) is 2.62. The minimum absolute atomic E-state index is 0.551. The van der Waals surface area contributed by atoms with E-state index < -0.39 is 0 Å². The van der Waals surface area contributed by atoms with E-state index in [2.05, 4.69) is 64.8 Å². The number of piperidine rings is 1. The van der Waals surface area contributed by atoms with Gasteiger partial charge in [-0.25, -0.2) is 0 Å². The zero-order chi connectivity index (χ0) is 15.9. The van der Waals surface area contributed by atoms with Gasteiger partial charge in [-0.05, 0) is 49.6 Å². The summed E-state index contributed by atoms with van der Waals surface area (Å²) in [4.78, 5) is 2.47. The SMILES string of the molecule is CCOc1ccc(N2CCCC(NCc3ccccc3)C2)cc1. The molecule has 3 rings (SSSR count). The van der Waals surface area contributed by atoms with Crippen LogP contribution in [0.4, 0.5) is 5.69 Å². The van der Waals surface area contributed by atoms with Crippen molar-refractivity contribution < 1.29 is 4.74 Å². The largest absolute Gasteiger partial charge is 0.494 e. The van der Waals surface area contributed by atoms with Gasteiger partial charge in [0.2, 0.25) is 0 Å². The average molecular weight is 310 g/mol. The van der Waals surface area contributed by atoms with Crippen LogP contribution >= 0.6 is 0 Å². The zero-order valence-electron chi connectivity index (χ0n) is 13.9. The Balaban J connectivity index is 1.55. The number of anilines is 1. The summed E-state index contributed by atoms with van der Waals surface area (Å²) in [6, 6.07) is 19.7. The van der Waals surface area contributed by atoms with E-state index in [1.54, 1.807) is 0 Å². The second-order valence-corrected chi connectivity index (χ2v) is 6.08. The molecule has 1 aliphatic rings. The van der Waals surface area contributed by atoms with E-state index in [1.165, 1.54) is 24.1 Å². The lowest BCUT2D eigenvalue weighted by molar-refractivity contribution is 0.340. The van der Waals surface area contributed by atoms with Crippen LogP contribution in [0.3, 0.4) is 0 Å². The lowest BCUT2D eigenvalue weighted by Gasteiger charge is -2.35. The number of benzene rings is 2. The maximum absolute atomic E-state index is 5.53. The Labute approximate surface area is 139 Å². The van der Waals surface area contributed by atoms with Gasteiger partial charge in [-0.1, -0.05) is 30.3 Å². The zero-order valence-corrected chi connectivity index (χ0v) is 13.9. The quantitative estimate of drug-likeness (QED) is 0.877. The molecule has 0 aromatic heterocycles. The van der Waals surface area contributed by atoms with Gasteiger partial charge in [-0.2, -0.15) is 0 Å². The topological polar surface area (TPSA) is 24.5 Å². The van der Waals surface area contributed by atoms with Crippen molar-refractivity contribution in [3.05, 3.63) is 60.2 Å². The molecule has 1 atom stereocenters. The van der Waals surface area contributed by atoms with Crippen LogP contribution in [-0.2, 0) is 6.54 Å². The van der Waals surface area contributed by atoms with Gasteiger partial charge in [0.05, 0.1) is 6.61 Å². The van der Waals surface area contributed by atoms with Gasteiger partial charge in [0.1, 0.15) is 5.75 Å². The van der Waals surface area contributed by atoms with E-state index >= 15 is 0 Å². The minimum Gasteiger partial charge on any atom is -0.494 e. The Kier molecular flexibility index (Phi) is 5.54. The maximum Gasteiger partial charge on any atom is 0.119 e. The van der Waals surface area contributed by atoms with Crippen molar-refractivity contribution in [1.82, 2.24) is 5.32 Å². The summed E-state index contributed by atoms with van der Waals surface area (Å²) in [5, 5.41) is 3.70. The fraction of sp³-hybridized carbons (Fsp3) is 0.400. The maximum atomic E-state index is 5.53. The highest BCUT2D eigenvalue weighted by Gasteiger charge is 2.19. The molecule has 0 aliphatic carbocycles. The molecule has 1 saturated heterocycles.